The van der Waals surface area contributed by atoms with Crippen molar-refractivity contribution in [2.75, 3.05) is 10.2 Å². The van der Waals surface area contributed by atoms with E-state index in [1.165, 1.54) is 22.5 Å². The molecule has 1 aliphatic rings. The number of allylic oxidation sites excluding steroid dienone is 4. The number of para-hydroxylation sites is 1. The van der Waals surface area contributed by atoms with Crippen LogP contribution in [-0.4, -0.2) is 0 Å². The van der Waals surface area contributed by atoms with E-state index >= 15 is 0 Å². The van der Waals surface area contributed by atoms with E-state index in [0.29, 0.717) is 0 Å². The number of hydrogen-bond acceptors (Lipinski definition) is 2. The number of anilines is 2. The molecule has 1 N–H and O–H groups in total. The monoisotopic (exact) mass is 302 g/mol. The third kappa shape index (κ3) is 2.80. The Bertz CT molecular complexity index is 757. The summed E-state index contributed by atoms with van der Waals surface area (Å²) in [5.41, 5.74) is 6.01. The van der Waals surface area contributed by atoms with Crippen molar-refractivity contribution >= 4 is 11.4 Å². The summed E-state index contributed by atoms with van der Waals surface area (Å²) in [6, 6.07) is 16.9. The van der Waals surface area contributed by atoms with Gasteiger partial charge in [0, 0.05) is 5.70 Å². The Morgan fingerprint density at radius 3 is 2.61 bits per heavy atom. The van der Waals surface area contributed by atoms with Gasteiger partial charge >= 0.3 is 0 Å². The van der Waals surface area contributed by atoms with Crippen molar-refractivity contribution < 1.29 is 0 Å². The molecule has 0 saturated heterocycles. The van der Waals surface area contributed by atoms with Crippen LogP contribution in [-0.2, 0) is 0 Å². The second-order valence-electron chi connectivity index (χ2n) is 5.63. The highest BCUT2D eigenvalue weighted by atomic mass is 15.3. The Hall–Kier alpha value is -2.74. The van der Waals surface area contributed by atoms with Crippen molar-refractivity contribution in [3.05, 3.63) is 96.2 Å². The Morgan fingerprint density at radius 2 is 1.91 bits per heavy atom. The maximum atomic E-state index is 3.87. The molecule has 0 bridgehead atoms. The highest BCUT2D eigenvalue weighted by Gasteiger charge is 2.32. The highest BCUT2D eigenvalue weighted by molar-refractivity contribution is 5.82. The molecule has 0 aliphatic carbocycles. The number of hydrogen-bond donors (Lipinski definition) is 1. The van der Waals surface area contributed by atoms with Crippen molar-refractivity contribution in [1.82, 2.24) is 0 Å². The van der Waals surface area contributed by atoms with Crippen LogP contribution >= 0.6 is 0 Å². The van der Waals surface area contributed by atoms with Gasteiger partial charge in [-0.05, 0) is 43.2 Å². The first-order valence-electron chi connectivity index (χ1n) is 7.92. The van der Waals surface area contributed by atoms with Gasteiger partial charge < -0.3 is 10.2 Å². The largest absolute Gasteiger partial charge is 0.359 e. The van der Waals surface area contributed by atoms with Crippen LogP contribution in [0, 0.1) is 6.92 Å². The summed E-state index contributed by atoms with van der Waals surface area (Å²) in [4.78, 5) is 2.35. The van der Waals surface area contributed by atoms with Gasteiger partial charge in [0.15, 0.2) is 0 Å². The molecule has 1 aliphatic heterocycles. The van der Waals surface area contributed by atoms with Gasteiger partial charge in [0.05, 0.1) is 11.4 Å². The molecular formula is C21H22N2. The molecule has 1 unspecified atom stereocenters. The van der Waals surface area contributed by atoms with Gasteiger partial charge in [-0.1, -0.05) is 61.2 Å². The van der Waals surface area contributed by atoms with E-state index in [1.54, 1.807) is 0 Å². The lowest BCUT2D eigenvalue weighted by Gasteiger charge is -2.29. The van der Waals surface area contributed by atoms with Crippen molar-refractivity contribution in [1.29, 1.82) is 0 Å². The van der Waals surface area contributed by atoms with E-state index in [2.05, 4.69) is 84.4 Å². The lowest BCUT2D eigenvalue weighted by Crippen LogP contribution is -2.27. The molecule has 1 atom stereocenters. The molecule has 0 spiro atoms. The predicted octanol–water partition coefficient (Wildman–Crippen LogP) is 5.57. The van der Waals surface area contributed by atoms with Crippen LogP contribution in [0.5, 0.6) is 0 Å². The van der Waals surface area contributed by atoms with Crippen molar-refractivity contribution in [3.8, 4) is 0 Å². The summed E-state index contributed by atoms with van der Waals surface area (Å²) >= 11 is 0. The molecule has 1 heterocycles. The van der Waals surface area contributed by atoms with Crippen molar-refractivity contribution in [2.45, 2.75) is 20.0 Å². The van der Waals surface area contributed by atoms with Crippen LogP contribution in [0.2, 0.25) is 0 Å². The van der Waals surface area contributed by atoms with Gasteiger partial charge in [0.25, 0.3) is 0 Å². The third-order valence-electron chi connectivity index (χ3n) is 4.05. The highest BCUT2D eigenvalue weighted by Crippen LogP contribution is 2.45. The maximum Gasteiger partial charge on any atom is 0.130 e. The number of benzene rings is 2. The standard InChI is InChI=1S/C21H22N2/c1-4-10-18(11-5-2)23-20-16(3)12-9-15-19(20)22-21(23)17-13-7-6-8-14-17/h4-15,21-22H,1H2,2-3H3/b11-5-,18-10+. The first-order chi connectivity index (χ1) is 11.3. The quantitative estimate of drug-likeness (QED) is 0.742. The molecule has 3 rings (SSSR count). The number of rotatable bonds is 4. The van der Waals surface area contributed by atoms with Crippen LogP contribution in [0.4, 0.5) is 11.4 Å². The summed E-state index contributed by atoms with van der Waals surface area (Å²) < 4.78 is 0. The second-order valence-corrected chi connectivity index (χ2v) is 5.63. The average molecular weight is 302 g/mol. The molecule has 2 aromatic rings. The SMILES string of the molecule is C=C/C=C(\C=C/C)N1c2c(C)cccc2NC1c1ccccc1. The maximum absolute atomic E-state index is 3.87. The minimum Gasteiger partial charge on any atom is -0.359 e. The zero-order valence-corrected chi connectivity index (χ0v) is 13.7. The van der Waals surface area contributed by atoms with Gasteiger partial charge in [-0.25, -0.2) is 0 Å². The van der Waals surface area contributed by atoms with Gasteiger partial charge in [0.2, 0.25) is 0 Å². The van der Waals surface area contributed by atoms with Crippen molar-refractivity contribution in [2.24, 2.45) is 0 Å². The Morgan fingerprint density at radius 1 is 1.13 bits per heavy atom. The number of fused-ring (bicyclic) bond motifs is 1. The van der Waals surface area contributed by atoms with Gasteiger partial charge in [-0.15, -0.1) is 0 Å². The van der Waals surface area contributed by atoms with Crippen LogP contribution in [0.15, 0.2) is 85.1 Å². The average Bonchev–Trinajstić information content (AvgIpc) is 2.96. The Labute approximate surface area is 138 Å². The molecule has 2 nitrogen and oxygen atoms in total. The van der Waals surface area contributed by atoms with E-state index in [-0.39, 0.29) is 6.17 Å². The first-order valence-corrected chi connectivity index (χ1v) is 7.92. The molecule has 0 saturated carbocycles. The van der Waals surface area contributed by atoms with Gasteiger partial charge in [-0.2, -0.15) is 0 Å². The molecule has 0 aromatic heterocycles. The second kappa shape index (κ2) is 6.57. The summed E-state index contributed by atoms with van der Waals surface area (Å²) in [5.74, 6) is 0. The Balaban J connectivity index is 2.16. The minimum atomic E-state index is 0.0784. The lowest BCUT2D eigenvalue weighted by molar-refractivity contribution is 0.800. The number of aryl methyl sites for hydroxylation is 1. The lowest BCUT2D eigenvalue weighted by atomic mass is 10.1. The fourth-order valence-corrected chi connectivity index (χ4v) is 3.09. The summed E-state index contributed by atoms with van der Waals surface area (Å²) in [5, 5.41) is 3.66. The van der Waals surface area contributed by atoms with Crippen LogP contribution in [0.1, 0.15) is 24.2 Å². The third-order valence-corrected chi connectivity index (χ3v) is 4.05. The molecule has 116 valence electrons. The molecular weight excluding hydrogens is 280 g/mol. The normalized spacial score (nSPS) is 17.2. The smallest absolute Gasteiger partial charge is 0.130 e. The van der Waals surface area contributed by atoms with Crippen LogP contribution in [0.3, 0.4) is 0 Å². The number of nitrogens with one attached hydrogen (secondary N) is 1. The molecule has 2 aromatic carbocycles. The minimum absolute atomic E-state index is 0.0784. The zero-order chi connectivity index (χ0) is 16.2. The molecule has 0 amide bonds. The summed E-state index contributed by atoms with van der Waals surface area (Å²) in [7, 11) is 0. The van der Waals surface area contributed by atoms with Crippen LogP contribution < -0.4 is 10.2 Å². The number of nitrogens with zero attached hydrogens (tertiary/aromatic N) is 1. The van der Waals surface area contributed by atoms with E-state index < -0.39 is 0 Å². The summed E-state index contributed by atoms with van der Waals surface area (Å²) in [6.07, 6.45) is 8.16. The first kappa shape index (κ1) is 15.2. The fourth-order valence-electron chi connectivity index (χ4n) is 3.09. The van der Waals surface area contributed by atoms with Crippen LogP contribution in [0.25, 0.3) is 0 Å². The molecule has 2 heteroatoms. The fraction of sp³-hybridized carbons (Fsp3) is 0.143. The van der Waals surface area contributed by atoms with E-state index in [0.717, 1.165) is 5.70 Å². The van der Waals surface area contributed by atoms with E-state index in [1.807, 2.05) is 19.1 Å². The van der Waals surface area contributed by atoms with Gasteiger partial charge in [0.1, 0.15) is 6.17 Å². The Kier molecular flexibility index (Phi) is 4.33. The molecule has 23 heavy (non-hydrogen) atoms. The molecule has 0 radical (unpaired) electrons. The summed E-state index contributed by atoms with van der Waals surface area (Å²) in [6.45, 7) is 8.07. The topological polar surface area (TPSA) is 15.3 Å². The van der Waals surface area contributed by atoms with Crippen molar-refractivity contribution in [3.63, 3.8) is 0 Å². The molecule has 0 fully saturated rings. The predicted molar refractivity (Wildman–Crippen MR) is 99.6 cm³/mol. The zero-order valence-electron chi connectivity index (χ0n) is 13.7. The van der Waals surface area contributed by atoms with E-state index in [4.69, 9.17) is 0 Å². The van der Waals surface area contributed by atoms with E-state index in [9.17, 15) is 0 Å². The van der Waals surface area contributed by atoms with Gasteiger partial charge in [-0.3, -0.25) is 0 Å².